The van der Waals surface area contributed by atoms with Gasteiger partial charge in [-0.1, -0.05) is 25.2 Å². The fraction of sp³-hybridized carbons (Fsp3) is 0.407. The molecule has 3 rings (SSSR count). The van der Waals surface area contributed by atoms with Crippen LogP contribution in [0, 0.1) is 0 Å². The van der Waals surface area contributed by atoms with Gasteiger partial charge in [-0.25, -0.2) is 14.4 Å². The van der Waals surface area contributed by atoms with Crippen molar-refractivity contribution in [1.82, 2.24) is 14.9 Å². The lowest BCUT2D eigenvalue weighted by Crippen LogP contribution is -2.38. The van der Waals surface area contributed by atoms with Crippen molar-refractivity contribution in [2.75, 3.05) is 26.0 Å². The number of methoxy groups -OCH3 is 1. The molecule has 5 nitrogen and oxygen atoms in total. The number of aromatic nitrogens is 2. The van der Waals surface area contributed by atoms with Gasteiger partial charge < -0.3 is 15.0 Å². The molecule has 0 bridgehead atoms. The zero-order valence-corrected chi connectivity index (χ0v) is 21.0. The number of pyridine rings is 2. The number of piperidine rings is 1. The standard InChI is InChI=1S/C27H32F4N4O/c1-5-8-19(27(29,30)31)17-18(22(28)6-2)10-11-24-23(9-7-16-35(24)3)34-25-20-12-15-33-26(36-4)21(20)13-14-32-25/h6,8,11-15,17,23H,5,7,9-10,16H2,1-4H3,(H,32,34)/b18-17-,19-8-,22-6+,24-11-. The van der Waals surface area contributed by atoms with Crippen molar-refractivity contribution in [3.8, 4) is 5.88 Å². The Bertz CT molecular complexity index is 1180. The van der Waals surface area contributed by atoms with E-state index in [1.165, 1.54) is 13.0 Å². The van der Waals surface area contributed by atoms with Crippen LogP contribution in [0.2, 0.25) is 0 Å². The quantitative estimate of drug-likeness (QED) is 0.307. The lowest BCUT2D eigenvalue weighted by atomic mass is 9.98. The number of fused-ring (bicyclic) bond motifs is 1. The number of ether oxygens (including phenoxy) is 1. The largest absolute Gasteiger partial charge is 0.481 e. The zero-order chi connectivity index (χ0) is 26.3. The number of hydrogen-bond donors (Lipinski definition) is 1. The topological polar surface area (TPSA) is 50.3 Å². The lowest BCUT2D eigenvalue weighted by molar-refractivity contribution is -0.0884. The maximum absolute atomic E-state index is 14.6. The van der Waals surface area contributed by atoms with Crippen molar-refractivity contribution < 1.29 is 22.3 Å². The number of rotatable bonds is 8. The third-order valence-electron chi connectivity index (χ3n) is 6.11. The summed E-state index contributed by atoms with van der Waals surface area (Å²) in [6.45, 7) is 3.88. The van der Waals surface area contributed by atoms with E-state index >= 15 is 0 Å². The van der Waals surface area contributed by atoms with Crippen molar-refractivity contribution >= 4 is 16.6 Å². The fourth-order valence-corrected chi connectivity index (χ4v) is 4.33. The second-order valence-corrected chi connectivity index (χ2v) is 8.54. The van der Waals surface area contributed by atoms with Crippen molar-refractivity contribution in [1.29, 1.82) is 0 Å². The molecule has 3 heterocycles. The minimum Gasteiger partial charge on any atom is -0.481 e. The molecule has 1 N–H and O–H groups in total. The molecule has 2 aromatic heterocycles. The number of likely N-dealkylation sites (tertiary alicyclic amines) is 1. The van der Waals surface area contributed by atoms with Gasteiger partial charge in [-0.15, -0.1) is 0 Å². The van der Waals surface area contributed by atoms with Crippen LogP contribution in [0.15, 0.2) is 71.5 Å². The van der Waals surface area contributed by atoms with Crippen LogP contribution < -0.4 is 10.1 Å². The second kappa shape index (κ2) is 12.1. The Morgan fingerprint density at radius 2 is 1.94 bits per heavy atom. The highest BCUT2D eigenvalue weighted by atomic mass is 19.4. The van der Waals surface area contributed by atoms with Crippen LogP contribution in [0.3, 0.4) is 0 Å². The molecule has 1 fully saturated rings. The van der Waals surface area contributed by atoms with Gasteiger partial charge in [0.1, 0.15) is 11.6 Å². The van der Waals surface area contributed by atoms with Gasteiger partial charge in [0.15, 0.2) is 0 Å². The SMILES string of the molecule is C\C=C(F)/C(=C\C(=C\CC)C(F)(F)F)C/C=C1/C(Nc2nccc3c(OC)nccc23)CCCN1C. The number of hydrogen-bond acceptors (Lipinski definition) is 5. The van der Waals surface area contributed by atoms with E-state index in [1.54, 1.807) is 32.5 Å². The highest BCUT2D eigenvalue weighted by Crippen LogP contribution is 2.33. The summed E-state index contributed by atoms with van der Waals surface area (Å²) in [7, 11) is 3.48. The van der Waals surface area contributed by atoms with Crippen molar-refractivity contribution in [2.24, 2.45) is 0 Å². The number of allylic oxidation sites excluding steroid dienone is 7. The number of nitrogens with one attached hydrogen (secondary N) is 1. The summed E-state index contributed by atoms with van der Waals surface area (Å²) < 4.78 is 60.4. The Hall–Kier alpha value is -3.36. The van der Waals surface area contributed by atoms with Crippen LogP contribution >= 0.6 is 0 Å². The normalized spacial score (nSPS) is 19.2. The Morgan fingerprint density at radius 3 is 2.61 bits per heavy atom. The summed E-state index contributed by atoms with van der Waals surface area (Å²) in [5.74, 6) is 0.475. The predicted octanol–water partition coefficient (Wildman–Crippen LogP) is 7.12. The summed E-state index contributed by atoms with van der Waals surface area (Å²) in [5, 5.41) is 5.14. The fourth-order valence-electron chi connectivity index (χ4n) is 4.33. The molecule has 1 aliphatic rings. The molecule has 1 unspecified atom stereocenters. The van der Waals surface area contributed by atoms with Gasteiger partial charge in [-0.3, -0.25) is 0 Å². The minimum atomic E-state index is -4.55. The van der Waals surface area contributed by atoms with E-state index in [4.69, 9.17) is 4.74 Å². The third kappa shape index (κ3) is 6.44. The highest BCUT2D eigenvalue weighted by molar-refractivity contribution is 5.94. The van der Waals surface area contributed by atoms with Gasteiger partial charge >= 0.3 is 6.18 Å². The number of halogens is 4. The van der Waals surface area contributed by atoms with Crippen molar-refractivity contribution in [3.05, 3.63) is 71.5 Å². The van der Waals surface area contributed by atoms with E-state index in [0.717, 1.165) is 48.0 Å². The Labute approximate surface area is 209 Å². The molecule has 194 valence electrons. The maximum Gasteiger partial charge on any atom is 0.416 e. The van der Waals surface area contributed by atoms with Crippen LogP contribution in [-0.4, -0.2) is 47.8 Å². The van der Waals surface area contributed by atoms with Crippen LogP contribution in [0.1, 0.15) is 39.5 Å². The first kappa shape index (κ1) is 27.2. The highest BCUT2D eigenvalue weighted by Gasteiger charge is 2.32. The molecule has 36 heavy (non-hydrogen) atoms. The second-order valence-electron chi connectivity index (χ2n) is 8.54. The van der Waals surface area contributed by atoms with Crippen LogP contribution in [0.25, 0.3) is 10.8 Å². The van der Waals surface area contributed by atoms with E-state index in [1.807, 2.05) is 24.1 Å². The molecule has 1 aliphatic heterocycles. The van der Waals surface area contributed by atoms with Crippen molar-refractivity contribution in [3.63, 3.8) is 0 Å². The van der Waals surface area contributed by atoms with Gasteiger partial charge in [-0.05, 0) is 56.4 Å². The minimum absolute atomic E-state index is 0.0150. The molecule has 0 amide bonds. The molecule has 0 spiro atoms. The molecular formula is C27H32F4N4O. The van der Waals surface area contributed by atoms with Crippen molar-refractivity contribution in [2.45, 2.75) is 51.7 Å². The van der Waals surface area contributed by atoms with Crippen LogP contribution in [0.5, 0.6) is 5.88 Å². The molecule has 0 aromatic carbocycles. The summed E-state index contributed by atoms with van der Waals surface area (Å²) >= 11 is 0. The molecule has 0 radical (unpaired) electrons. The zero-order valence-electron chi connectivity index (χ0n) is 21.0. The van der Waals surface area contributed by atoms with Gasteiger partial charge in [0.2, 0.25) is 5.88 Å². The monoisotopic (exact) mass is 504 g/mol. The summed E-state index contributed by atoms with van der Waals surface area (Å²) in [5.41, 5.74) is 0.0207. The van der Waals surface area contributed by atoms with E-state index in [-0.39, 0.29) is 24.5 Å². The molecule has 1 atom stereocenters. The molecule has 2 aromatic rings. The Morgan fingerprint density at radius 1 is 1.22 bits per heavy atom. The molecular weight excluding hydrogens is 472 g/mol. The number of anilines is 1. The first-order valence-corrected chi connectivity index (χ1v) is 11.9. The van der Waals surface area contributed by atoms with Gasteiger partial charge in [0.05, 0.1) is 18.7 Å². The van der Waals surface area contributed by atoms with E-state index in [2.05, 4.69) is 15.3 Å². The summed E-state index contributed by atoms with van der Waals surface area (Å²) in [4.78, 5) is 10.8. The summed E-state index contributed by atoms with van der Waals surface area (Å²) in [6, 6.07) is 3.53. The van der Waals surface area contributed by atoms with E-state index < -0.39 is 17.6 Å². The van der Waals surface area contributed by atoms with Crippen LogP contribution in [-0.2, 0) is 0 Å². The van der Waals surface area contributed by atoms with Gasteiger partial charge in [0.25, 0.3) is 0 Å². The first-order valence-electron chi connectivity index (χ1n) is 11.9. The molecule has 9 heteroatoms. The maximum atomic E-state index is 14.6. The van der Waals surface area contributed by atoms with E-state index in [0.29, 0.717) is 11.7 Å². The third-order valence-corrected chi connectivity index (χ3v) is 6.11. The Kier molecular flexibility index (Phi) is 9.12. The average Bonchev–Trinajstić information content (AvgIpc) is 2.85. The number of likely N-dealkylation sites (N-methyl/N-ethyl adjacent to an activating group) is 1. The Balaban J connectivity index is 1.96. The number of alkyl halides is 3. The molecule has 0 aliphatic carbocycles. The first-order chi connectivity index (χ1) is 17.2. The smallest absolute Gasteiger partial charge is 0.416 e. The number of nitrogens with zero attached hydrogens (tertiary/aromatic N) is 3. The average molecular weight is 505 g/mol. The van der Waals surface area contributed by atoms with E-state index in [9.17, 15) is 17.6 Å². The van der Waals surface area contributed by atoms with Gasteiger partial charge in [-0.2, -0.15) is 13.2 Å². The molecule has 1 saturated heterocycles. The predicted molar refractivity (Wildman–Crippen MR) is 135 cm³/mol. The lowest BCUT2D eigenvalue weighted by Gasteiger charge is -2.35. The summed E-state index contributed by atoms with van der Waals surface area (Å²) in [6.07, 6.45) is 5.68. The van der Waals surface area contributed by atoms with Gasteiger partial charge in [0, 0.05) is 42.5 Å². The van der Waals surface area contributed by atoms with Crippen LogP contribution in [0.4, 0.5) is 23.4 Å². The molecule has 0 saturated carbocycles.